The largest absolute Gasteiger partial charge is 0.508 e. The van der Waals surface area contributed by atoms with Gasteiger partial charge in [0.05, 0.1) is 4.90 Å². The van der Waals surface area contributed by atoms with E-state index in [4.69, 9.17) is 0 Å². The molecule has 0 bridgehead atoms. The van der Waals surface area contributed by atoms with Crippen LogP contribution in [0.25, 0.3) is 0 Å². The summed E-state index contributed by atoms with van der Waals surface area (Å²) in [6, 6.07) is 9.16. The maximum absolute atomic E-state index is 12.6. The van der Waals surface area contributed by atoms with Gasteiger partial charge in [-0.25, -0.2) is 8.42 Å². The molecule has 0 fully saturated rings. The molecule has 3 rings (SSSR count). The van der Waals surface area contributed by atoms with E-state index in [-0.39, 0.29) is 29.5 Å². The minimum Gasteiger partial charge on any atom is -0.508 e. The number of rotatable bonds is 2. The van der Waals surface area contributed by atoms with E-state index < -0.39 is 10.0 Å². The summed E-state index contributed by atoms with van der Waals surface area (Å²) in [6.45, 7) is 2.23. The fourth-order valence-electron chi connectivity index (χ4n) is 2.55. The number of hydrogen-bond acceptors (Lipinski definition) is 4. The minimum atomic E-state index is -3.67. The quantitative estimate of drug-likeness (QED) is 0.891. The number of aryl methyl sites for hydroxylation is 1. The summed E-state index contributed by atoms with van der Waals surface area (Å²) in [5.41, 5.74) is 2.37. The molecule has 1 aliphatic heterocycles. The fourth-order valence-corrected chi connectivity index (χ4v) is 4.07. The third-order valence-corrected chi connectivity index (χ3v) is 5.33. The molecule has 0 saturated carbocycles. The maximum Gasteiger partial charge on any atom is 0.243 e. The van der Waals surface area contributed by atoms with E-state index in [1.165, 1.54) is 22.5 Å². The summed E-state index contributed by atoms with van der Waals surface area (Å²) >= 11 is 0. The first-order valence-electron chi connectivity index (χ1n) is 6.48. The topological polar surface area (TPSA) is 77.8 Å². The van der Waals surface area contributed by atoms with Gasteiger partial charge in [0.25, 0.3) is 0 Å². The Morgan fingerprint density at radius 2 is 1.67 bits per heavy atom. The Bertz CT molecular complexity index is 794. The van der Waals surface area contributed by atoms with Crippen LogP contribution in [0.3, 0.4) is 0 Å². The summed E-state index contributed by atoms with van der Waals surface area (Å²) in [6.07, 6.45) is 0. The number of fused-ring (bicyclic) bond motifs is 1. The van der Waals surface area contributed by atoms with Gasteiger partial charge in [-0.3, -0.25) is 0 Å². The SMILES string of the molecule is Cc1cc(O)cc(S(=O)(=O)N2Cc3ccc(O)cc3C2)c1. The Morgan fingerprint density at radius 1 is 0.952 bits per heavy atom. The molecule has 5 nitrogen and oxygen atoms in total. The van der Waals surface area contributed by atoms with Crippen molar-refractivity contribution in [1.29, 1.82) is 0 Å². The molecule has 1 heterocycles. The van der Waals surface area contributed by atoms with Gasteiger partial charge in [0, 0.05) is 13.1 Å². The predicted molar refractivity (Wildman–Crippen MR) is 77.4 cm³/mol. The number of benzene rings is 2. The Balaban J connectivity index is 1.98. The Morgan fingerprint density at radius 3 is 2.38 bits per heavy atom. The molecule has 2 aromatic rings. The highest BCUT2D eigenvalue weighted by Crippen LogP contribution is 2.31. The van der Waals surface area contributed by atoms with E-state index in [1.54, 1.807) is 25.1 Å². The van der Waals surface area contributed by atoms with E-state index in [0.717, 1.165) is 11.1 Å². The van der Waals surface area contributed by atoms with Gasteiger partial charge in [0.15, 0.2) is 0 Å². The molecule has 0 aliphatic carbocycles. The van der Waals surface area contributed by atoms with Crippen LogP contribution in [0.1, 0.15) is 16.7 Å². The predicted octanol–water partition coefficient (Wildman–Crippen LogP) is 2.11. The van der Waals surface area contributed by atoms with Crippen LogP contribution in [0.4, 0.5) is 0 Å². The molecule has 0 spiro atoms. The lowest BCUT2D eigenvalue weighted by atomic mass is 10.1. The Kier molecular flexibility index (Phi) is 3.15. The first-order chi connectivity index (χ1) is 9.86. The summed E-state index contributed by atoms with van der Waals surface area (Å²) in [7, 11) is -3.67. The minimum absolute atomic E-state index is 0.0667. The lowest BCUT2D eigenvalue weighted by Gasteiger charge is -2.16. The lowest BCUT2D eigenvalue weighted by molar-refractivity contribution is 0.429. The zero-order valence-electron chi connectivity index (χ0n) is 11.4. The molecule has 0 aromatic heterocycles. The molecule has 2 aromatic carbocycles. The maximum atomic E-state index is 12.6. The smallest absolute Gasteiger partial charge is 0.243 e. The monoisotopic (exact) mass is 305 g/mol. The zero-order chi connectivity index (χ0) is 15.2. The van der Waals surface area contributed by atoms with Crippen molar-refractivity contribution in [3.8, 4) is 11.5 Å². The summed E-state index contributed by atoms with van der Waals surface area (Å²) in [5, 5.41) is 19.1. The molecule has 6 heteroatoms. The van der Waals surface area contributed by atoms with Crippen LogP contribution >= 0.6 is 0 Å². The average Bonchev–Trinajstić information content (AvgIpc) is 2.81. The molecule has 2 N–H and O–H groups in total. The summed E-state index contributed by atoms with van der Waals surface area (Å²) < 4.78 is 26.6. The summed E-state index contributed by atoms with van der Waals surface area (Å²) in [4.78, 5) is 0.0806. The van der Waals surface area contributed by atoms with Crippen molar-refractivity contribution in [1.82, 2.24) is 4.31 Å². The molecule has 0 amide bonds. The molecule has 110 valence electrons. The zero-order valence-corrected chi connectivity index (χ0v) is 12.3. The van der Waals surface area contributed by atoms with Gasteiger partial charge in [-0.1, -0.05) is 6.07 Å². The third-order valence-electron chi connectivity index (χ3n) is 3.56. The third kappa shape index (κ3) is 2.48. The second-order valence-electron chi connectivity index (χ2n) is 5.23. The number of phenolic OH excluding ortho intramolecular Hbond substituents is 2. The second-order valence-corrected chi connectivity index (χ2v) is 7.17. The molecular weight excluding hydrogens is 290 g/mol. The molecule has 0 radical (unpaired) electrons. The normalized spacial score (nSPS) is 15.1. The van der Waals surface area contributed by atoms with Crippen LogP contribution in [0, 0.1) is 6.92 Å². The van der Waals surface area contributed by atoms with E-state index in [9.17, 15) is 18.6 Å². The average molecular weight is 305 g/mol. The number of hydrogen-bond donors (Lipinski definition) is 2. The first-order valence-corrected chi connectivity index (χ1v) is 7.92. The van der Waals surface area contributed by atoms with Gasteiger partial charge in [0.1, 0.15) is 11.5 Å². The highest BCUT2D eigenvalue weighted by molar-refractivity contribution is 7.89. The van der Waals surface area contributed by atoms with Crippen LogP contribution in [0.2, 0.25) is 0 Å². The van der Waals surface area contributed by atoms with Gasteiger partial charge < -0.3 is 10.2 Å². The van der Waals surface area contributed by atoms with Crippen molar-refractivity contribution in [2.24, 2.45) is 0 Å². The highest BCUT2D eigenvalue weighted by Gasteiger charge is 2.31. The van der Waals surface area contributed by atoms with E-state index >= 15 is 0 Å². The molecular formula is C15H15NO4S. The van der Waals surface area contributed by atoms with E-state index in [1.807, 2.05) is 0 Å². The van der Waals surface area contributed by atoms with Gasteiger partial charge in [-0.05, 0) is 53.9 Å². The molecule has 21 heavy (non-hydrogen) atoms. The van der Waals surface area contributed by atoms with Crippen molar-refractivity contribution in [2.45, 2.75) is 24.9 Å². The van der Waals surface area contributed by atoms with Gasteiger partial charge in [-0.15, -0.1) is 0 Å². The van der Waals surface area contributed by atoms with E-state index in [2.05, 4.69) is 0 Å². The van der Waals surface area contributed by atoms with Gasteiger partial charge in [-0.2, -0.15) is 4.31 Å². The number of sulfonamides is 1. The fraction of sp³-hybridized carbons (Fsp3) is 0.200. The van der Waals surface area contributed by atoms with Crippen LogP contribution in [0.15, 0.2) is 41.3 Å². The van der Waals surface area contributed by atoms with Crippen molar-refractivity contribution >= 4 is 10.0 Å². The van der Waals surface area contributed by atoms with Crippen molar-refractivity contribution < 1.29 is 18.6 Å². The van der Waals surface area contributed by atoms with Crippen LogP contribution in [-0.2, 0) is 23.1 Å². The van der Waals surface area contributed by atoms with Gasteiger partial charge >= 0.3 is 0 Å². The molecule has 0 atom stereocenters. The van der Waals surface area contributed by atoms with Crippen LogP contribution in [0.5, 0.6) is 11.5 Å². The molecule has 0 saturated heterocycles. The molecule has 0 unspecified atom stereocenters. The Hall–Kier alpha value is -2.05. The molecule has 1 aliphatic rings. The van der Waals surface area contributed by atoms with Crippen LogP contribution < -0.4 is 0 Å². The van der Waals surface area contributed by atoms with Crippen molar-refractivity contribution in [3.05, 3.63) is 53.1 Å². The van der Waals surface area contributed by atoms with Crippen LogP contribution in [-0.4, -0.2) is 22.9 Å². The first kappa shape index (κ1) is 13.9. The summed E-state index contributed by atoms with van der Waals surface area (Å²) in [5.74, 6) is 0.0594. The standard InChI is InChI=1S/C15H15NO4S/c1-10-4-14(18)7-15(5-10)21(19,20)16-8-11-2-3-13(17)6-12(11)9-16/h2-7,17-18H,8-9H2,1H3. The van der Waals surface area contributed by atoms with Crippen molar-refractivity contribution in [3.63, 3.8) is 0 Å². The number of phenols is 2. The Labute approximate surface area is 123 Å². The van der Waals surface area contributed by atoms with Gasteiger partial charge in [0.2, 0.25) is 10.0 Å². The number of nitrogens with zero attached hydrogens (tertiary/aromatic N) is 1. The van der Waals surface area contributed by atoms with Crippen molar-refractivity contribution in [2.75, 3.05) is 0 Å². The van der Waals surface area contributed by atoms with E-state index in [0.29, 0.717) is 5.56 Å². The number of aromatic hydroxyl groups is 2. The second kappa shape index (κ2) is 4.75. The highest BCUT2D eigenvalue weighted by atomic mass is 32.2. The lowest BCUT2D eigenvalue weighted by Crippen LogP contribution is -2.25.